The van der Waals surface area contributed by atoms with Gasteiger partial charge >= 0.3 is 0 Å². The highest BCUT2D eigenvalue weighted by Gasteiger charge is 2.23. The van der Waals surface area contributed by atoms with Crippen molar-refractivity contribution in [3.05, 3.63) is 57.6 Å². The number of methoxy groups -OCH3 is 2. The number of hydrogen-bond donors (Lipinski definition) is 1. The number of piperazine rings is 1. The van der Waals surface area contributed by atoms with Crippen LogP contribution < -0.4 is 14.8 Å². The van der Waals surface area contributed by atoms with E-state index in [1.165, 1.54) is 12.1 Å². The highest BCUT2D eigenvalue weighted by Crippen LogP contribution is 2.25. The molecule has 0 bridgehead atoms. The molecule has 31 heavy (non-hydrogen) atoms. The maximum absolute atomic E-state index is 12.5. The highest BCUT2D eigenvalue weighted by atomic mass is 35.5. The van der Waals surface area contributed by atoms with Crippen LogP contribution in [0, 0.1) is 0 Å². The summed E-state index contributed by atoms with van der Waals surface area (Å²) in [5.74, 6) is 1.06. The lowest BCUT2D eigenvalue weighted by Gasteiger charge is -2.35. The molecule has 0 atom stereocenters. The fourth-order valence-corrected chi connectivity index (χ4v) is 3.93. The van der Waals surface area contributed by atoms with Gasteiger partial charge < -0.3 is 19.7 Å². The summed E-state index contributed by atoms with van der Waals surface area (Å²) in [6.45, 7) is 3.24. The van der Waals surface area contributed by atoms with Gasteiger partial charge in [0.2, 0.25) is 5.91 Å². The maximum Gasteiger partial charge on any atom is 0.253 e. The first-order valence-electron chi connectivity index (χ1n) is 9.85. The normalized spacial score (nSPS) is 14.3. The number of benzene rings is 2. The van der Waals surface area contributed by atoms with Crippen LogP contribution in [0.5, 0.6) is 11.5 Å². The topological polar surface area (TPSA) is 71.1 Å². The Bertz CT molecular complexity index is 946. The van der Waals surface area contributed by atoms with E-state index >= 15 is 0 Å². The van der Waals surface area contributed by atoms with Gasteiger partial charge in [0.15, 0.2) is 0 Å². The smallest absolute Gasteiger partial charge is 0.253 e. The molecule has 0 aliphatic carbocycles. The van der Waals surface area contributed by atoms with E-state index in [0.29, 0.717) is 24.7 Å². The lowest BCUT2D eigenvalue weighted by atomic mass is 10.1. The Labute approximate surface area is 191 Å². The van der Waals surface area contributed by atoms with Crippen LogP contribution in [0.1, 0.15) is 15.9 Å². The van der Waals surface area contributed by atoms with E-state index in [4.69, 9.17) is 32.7 Å². The summed E-state index contributed by atoms with van der Waals surface area (Å²) in [5, 5.41) is 3.33. The first-order valence-corrected chi connectivity index (χ1v) is 10.6. The molecule has 2 aromatic rings. The van der Waals surface area contributed by atoms with Crippen molar-refractivity contribution >= 4 is 35.0 Å². The number of carbonyl (C=O) groups is 2. The van der Waals surface area contributed by atoms with Gasteiger partial charge in [0.25, 0.3) is 5.91 Å². The number of nitrogens with one attached hydrogen (secondary N) is 1. The molecule has 0 aromatic heterocycles. The minimum absolute atomic E-state index is 0.0818. The van der Waals surface area contributed by atoms with Crippen LogP contribution in [0.25, 0.3) is 0 Å². The van der Waals surface area contributed by atoms with Crippen molar-refractivity contribution in [1.82, 2.24) is 15.1 Å². The third kappa shape index (κ3) is 6.03. The van der Waals surface area contributed by atoms with E-state index in [-0.39, 0.29) is 23.0 Å². The van der Waals surface area contributed by atoms with Gasteiger partial charge in [0, 0.05) is 43.3 Å². The molecule has 7 nitrogen and oxygen atoms in total. The van der Waals surface area contributed by atoms with Crippen LogP contribution in [0.4, 0.5) is 0 Å². The van der Waals surface area contributed by atoms with Crippen molar-refractivity contribution < 1.29 is 19.1 Å². The average Bonchev–Trinajstić information content (AvgIpc) is 2.77. The summed E-state index contributed by atoms with van der Waals surface area (Å²) in [6.07, 6.45) is 0. The Hall–Kier alpha value is -2.48. The number of rotatable bonds is 7. The quantitative estimate of drug-likeness (QED) is 0.679. The summed E-state index contributed by atoms with van der Waals surface area (Å²) in [6, 6.07) is 10.3. The van der Waals surface area contributed by atoms with Gasteiger partial charge in [0.05, 0.1) is 31.4 Å². The Balaban J connectivity index is 1.49. The van der Waals surface area contributed by atoms with E-state index in [9.17, 15) is 9.59 Å². The molecule has 1 heterocycles. The first kappa shape index (κ1) is 23.2. The summed E-state index contributed by atoms with van der Waals surface area (Å²) >= 11 is 11.9. The SMILES string of the molecule is COc1ccc(OC)c(CN2CCN(C(=O)CNC(=O)c3ccc(Cl)cc3Cl)CC2)c1. The molecule has 1 aliphatic heterocycles. The van der Waals surface area contributed by atoms with E-state index in [1.807, 2.05) is 18.2 Å². The Morgan fingerprint density at radius 1 is 1.00 bits per heavy atom. The molecule has 0 radical (unpaired) electrons. The molecular formula is C22H25Cl2N3O4. The molecule has 0 saturated carbocycles. The third-order valence-corrected chi connectivity index (χ3v) is 5.73. The number of halogens is 2. The lowest BCUT2D eigenvalue weighted by Crippen LogP contribution is -2.50. The second-order valence-corrected chi connectivity index (χ2v) is 7.99. The summed E-state index contributed by atoms with van der Waals surface area (Å²) < 4.78 is 10.8. The number of hydrogen-bond acceptors (Lipinski definition) is 5. The first-order chi connectivity index (χ1) is 14.9. The highest BCUT2D eigenvalue weighted by molar-refractivity contribution is 6.36. The van der Waals surface area contributed by atoms with Gasteiger partial charge in [-0.3, -0.25) is 14.5 Å². The molecule has 0 spiro atoms. The molecule has 166 valence electrons. The van der Waals surface area contributed by atoms with Crippen LogP contribution in [0.2, 0.25) is 10.0 Å². The zero-order chi connectivity index (χ0) is 22.4. The number of ether oxygens (including phenoxy) is 2. The van der Waals surface area contributed by atoms with Crippen LogP contribution in [0.15, 0.2) is 36.4 Å². The minimum atomic E-state index is -0.404. The van der Waals surface area contributed by atoms with Crippen LogP contribution in [0.3, 0.4) is 0 Å². The molecule has 0 unspecified atom stereocenters. The van der Waals surface area contributed by atoms with Gasteiger partial charge in [-0.15, -0.1) is 0 Å². The van der Waals surface area contributed by atoms with Crippen molar-refractivity contribution in [1.29, 1.82) is 0 Å². The van der Waals surface area contributed by atoms with Gasteiger partial charge in [0.1, 0.15) is 11.5 Å². The monoisotopic (exact) mass is 465 g/mol. The van der Waals surface area contributed by atoms with Gasteiger partial charge in [-0.1, -0.05) is 23.2 Å². The molecule has 9 heteroatoms. The van der Waals surface area contributed by atoms with E-state index in [0.717, 1.165) is 30.2 Å². The molecule has 2 amide bonds. The molecule has 1 aliphatic rings. The molecule has 2 aromatic carbocycles. The number of carbonyl (C=O) groups excluding carboxylic acids is 2. The molecule has 1 fully saturated rings. The fourth-order valence-electron chi connectivity index (χ4n) is 3.44. The van der Waals surface area contributed by atoms with E-state index in [2.05, 4.69) is 10.2 Å². The van der Waals surface area contributed by atoms with E-state index < -0.39 is 5.91 Å². The summed E-state index contributed by atoms with van der Waals surface area (Å²) in [7, 11) is 3.28. The second-order valence-electron chi connectivity index (χ2n) is 7.14. The predicted octanol–water partition coefficient (Wildman–Crippen LogP) is 3.08. The molecule has 3 rings (SSSR count). The van der Waals surface area contributed by atoms with E-state index in [1.54, 1.807) is 25.2 Å². The van der Waals surface area contributed by atoms with Gasteiger partial charge in [-0.25, -0.2) is 0 Å². The van der Waals surface area contributed by atoms with Crippen molar-refractivity contribution in [2.24, 2.45) is 0 Å². The number of nitrogens with zero attached hydrogens (tertiary/aromatic N) is 2. The number of amides is 2. The largest absolute Gasteiger partial charge is 0.497 e. The van der Waals surface area contributed by atoms with Crippen molar-refractivity contribution in [3.63, 3.8) is 0 Å². The van der Waals surface area contributed by atoms with Crippen molar-refractivity contribution in [2.45, 2.75) is 6.54 Å². The second kappa shape index (κ2) is 10.7. The van der Waals surface area contributed by atoms with Crippen molar-refractivity contribution in [2.75, 3.05) is 46.9 Å². The molecule has 1 saturated heterocycles. The summed E-state index contributed by atoms with van der Waals surface area (Å²) in [4.78, 5) is 28.8. The third-order valence-electron chi connectivity index (χ3n) is 5.18. The Morgan fingerprint density at radius 3 is 2.39 bits per heavy atom. The summed E-state index contributed by atoms with van der Waals surface area (Å²) in [5.41, 5.74) is 1.32. The van der Waals surface area contributed by atoms with Gasteiger partial charge in [-0.05, 0) is 36.4 Å². The van der Waals surface area contributed by atoms with Crippen LogP contribution in [-0.2, 0) is 11.3 Å². The fraction of sp³-hybridized carbons (Fsp3) is 0.364. The van der Waals surface area contributed by atoms with Crippen LogP contribution >= 0.6 is 23.2 Å². The molecule has 1 N–H and O–H groups in total. The zero-order valence-electron chi connectivity index (χ0n) is 17.5. The van der Waals surface area contributed by atoms with Gasteiger partial charge in [-0.2, -0.15) is 0 Å². The van der Waals surface area contributed by atoms with Crippen LogP contribution in [-0.4, -0.2) is 68.6 Å². The standard InChI is InChI=1S/C22H25Cl2N3O4/c1-30-17-4-6-20(31-2)15(11-17)14-26-7-9-27(10-8-26)21(28)13-25-22(29)18-5-3-16(23)12-19(18)24/h3-6,11-12H,7-10,13-14H2,1-2H3,(H,25,29). The Morgan fingerprint density at radius 2 is 1.74 bits per heavy atom. The average molecular weight is 466 g/mol. The lowest BCUT2D eigenvalue weighted by molar-refractivity contribution is -0.131. The zero-order valence-corrected chi connectivity index (χ0v) is 19.0. The minimum Gasteiger partial charge on any atom is -0.497 e. The predicted molar refractivity (Wildman–Crippen MR) is 120 cm³/mol. The Kier molecular flexibility index (Phi) is 8.01. The van der Waals surface area contributed by atoms with Crippen molar-refractivity contribution in [3.8, 4) is 11.5 Å². The maximum atomic E-state index is 12.5. The molecular weight excluding hydrogens is 441 g/mol.